The number of piperidine rings is 1. The van der Waals surface area contributed by atoms with E-state index in [1.165, 1.54) is 4.57 Å². The van der Waals surface area contributed by atoms with Crippen LogP contribution in [-0.4, -0.2) is 43.0 Å². The van der Waals surface area contributed by atoms with Crippen LogP contribution >= 0.6 is 0 Å². The van der Waals surface area contributed by atoms with Crippen LogP contribution in [0.15, 0.2) is 23.3 Å². The summed E-state index contributed by atoms with van der Waals surface area (Å²) in [6.07, 6.45) is 8.15. The number of hydrogen-bond donors (Lipinski definition) is 0. The van der Waals surface area contributed by atoms with E-state index in [9.17, 15) is 9.59 Å². The number of nitrogens with zero attached hydrogens (tertiary/aromatic N) is 5. The van der Waals surface area contributed by atoms with Crippen LogP contribution in [0.4, 0.5) is 0 Å². The summed E-state index contributed by atoms with van der Waals surface area (Å²) in [5.41, 5.74) is 1.09. The van der Waals surface area contributed by atoms with Crippen molar-refractivity contribution in [3.63, 3.8) is 0 Å². The second kappa shape index (κ2) is 8.50. The topological polar surface area (TPSA) is 73.0 Å². The fraction of sp³-hybridized carbons (Fsp3) is 0.600. The van der Waals surface area contributed by atoms with E-state index in [0.717, 1.165) is 50.3 Å². The van der Waals surface area contributed by atoms with Crippen molar-refractivity contribution in [3.8, 4) is 0 Å². The number of imidazole rings is 1. The van der Waals surface area contributed by atoms with Crippen LogP contribution in [0.25, 0.3) is 0 Å². The first-order chi connectivity index (χ1) is 13.0. The number of amides is 1. The Balaban J connectivity index is 1.70. The predicted octanol–water partition coefficient (Wildman–Crippen LogP) is 2.26. The molecule has 1 fully saturated rings. The molecule has 7 nitrogen and oxygen atoms in total. The molecule has 2 aromatic heterocycles. The van der Waals surface area contributed by atoms with Crippen molar-refractivity contribution in [3.05, 3.63) is 46.2 Å². The fourth-order valence-electron chi connectivity index (χ4n) is 3.81. The van der Waals surface area contributed by atoms with Gasteiger partial charge in [-0.2, -0.15) is 4.98 Å². The zero-order valence-electron chi connectivity index (χ0n) is 16.5. The number of likely N-dealkylation sites (tertiary alicyclic amines) is 1. The third kappa shape index (κ3) is 4.46. The quantitative estimate of drug-likeness (QED) is 0.781. The van der Waals surface area contributed by atoms with Crippen LogP contribution in [0.5, 0.6) is 0 Å². The Morgan fingerprint density at radius 1 is 1.33 bits per heavy atom. The highest BCUT2D eigenvalue weighted by molar-refractivity contribution is 5.76. The zero-order chi connectivity index (χ0) is 19.4. The minimum atomic E-state index is -0.357. The van der Waals surface area contributed by atoms with Crippen LogP contribution in [0.1, 0.15) is 55.7 Å². The fourth-order valence-corrected chi connectivity index (χ4v) is 3.81. The van der Waals surface area contributed by atoms with Gasteiger partial charge in [-0.25, -0.2) is 9.78 Å². The molecule has 1 atom stereocenters. The average Bonchev–Trinajstić information content (AvgIpc) is 3.11. The van der Waals surface area contributed by atoms with E-state index in [2.05, 4.69) is 21.5 Å². The molecule has 1 aliphatic heterocycles. The maximum Gasteiger partial charge on any atom is 0.348 e. The maximum atomic E-state index is 12.8. The van der Waals surface area contributed by atoms with E-state index >= 15 is 0 Å². The Morgan fingerprint density at radius 3 is 2.89 bits per heavy atom. The molecule has 2 aromatic rings. The second-order valence-electron chi connectivity index (χ2n) is 7.42. The largest absolute Gasteiger partial charge is 0.348 e. The third-order valence-corrected chi connectivity index (χ3v) is 5.28. The molecule has 1 amide bonds. The van der Waals surface area contributed by atoms with Crippen LogP contribution in [0, 0.1) is 13.8 Å². The van der Waals surface area contributed by atoms with E-state index in [0.29, 0.717) is 12.2 Å². The lowest BCUT2D eigenvalue weighted by atomic mass is 9.97. The molecule has 0 bridgehead atoms. The monoisotopic (exact) mass is 371 g/mol. The van der Waals surface area contributed by atoms with Crippen LogP contribution < -0.4 is 5.69 Å². The molecular weight excluding hydrogens is 342 g/mol. The van der Waals surface area contributed by atoms with Crippen LogP contribution in [-0.2, 0) is 17.9 Å². The van der Waals surface area contributed by atoms with Crippen LogP contribution in [0.2, 0.25) is 0 Å². The predicted molar refractivity (Wildman–Crippen MR) is 104 cm³/mol. The second-order valence-corrected chi connectivity index (χ2v) is 7.42. The lowest BCUT2D eigenvalue weighted by molar-refractivity contribution is -0.133. The highest BCUT2D eigenvalue weighted by atomic mass is 16.2. The minimum absolute atomic E-state index is 0.0257. The molecule has 1 saturated heterocycles. The van der Waals surface area contributed by atoms with Gasteiger partial charge in [-0.15, -0.1) is 0 Å². The lowest BCUT2D eigenvalue weighted by Crippen LogP contribution is -2.43. The van der Waals surface area contributed by atoms with Gasteiger partial charge in [0.1, 0.15) is 12.4 Å². The summed E-state index contributed by atoms with van der Waals surface area (Å²) in [5.74, 6) is 1.30. The first-order valence-electron chi connectivity index (χ1n) is 9.83. The number of rotatable bonds is 6. The van der Waals surface area contributed by atoms with Gasteiger partial charge in [0.15, 0.2) is 0 Å². The number of carbonyl (C=O) groups excluding carboxylic acids is 1. The maximum absolute atomic E-state index is 12.8. The Morgan fingerprint density at radius 2 is 2.15 bits per heavy atom. The van der Waals surface area contributed by atoms with Gasteiger partial charge in [-0.1, -0.05) is 13.3 Å². The Bertz CT molecular complexity index is 854. The summed E-state index contributed by atoms with van der Waals surface area (Å²) in [6, 6.07) is 1.83. The van der Waals surface area contributed by atoms with Crippen molar-refractivity contribution in [1.29, 1.82) is 0 Å². The van der Waals surface area contributed by atoms with Gasteiger partial charge in [0.05, 0.1) is 0 Å². The smallest absolute Gasteiger partial charge is 0.340 e. The van der Waals surface area contributed by atoms with Crippen LogP contribution in [0.3, 0.4) is 0 Å². The number of aryl methyl sites for hydroxylation is 3. The molecule has 7 heteroatoms. The molecule has 27 heavy (non-hydrogen) atoms. The van der Waals surface area contributed by atoms with Gasteiger partial charge in [0.2, 0.25) is 5.91 Å². The van der Waals surface area contributed by atoms with Crippen molar-refractivity contribution in [2.24, 2.45) is 0 Å². The van der Waals surface area contributed by atoms with Crippen molar-refractivity contribution >= 4 is 5.91 Å². The minimum Gasteiger partial charge on any atom is -0.340 e. The van der Waals surface area contributed by atoms with Gasteiger partial charge >= 0.3 is 5.69 Å². The molecule has 0 aliphatic carbocycles. The normalized spacial score (nSPS) is 17.3. The van der Waals surface area contributed by atoms with Crippen molar-refractivity contribution in [2.45, 2.75) is 65.5 Å². The first-order valence-corrected chi connectivity index (χ1v) is 9.83. The number of unbranched alkanes of at least 4 members (excludes halogenated alkanes) is 1. The van der Waals surface area contributed by atoms with Crippen molar-refractivity contribution < 1.29 is 4.79 Å². The highest BCUT2D eigenvalue weighted by Crippen LogP contribution is 2.26. The number of aromatic nitrogens is 4. The van der Waals surface area contributed by atoms with E-state index in [-0.39, 0.29) is 24.1 Å². The molecular formula is C20H29N5O2. The SMILES string of the molecule is CCCCn1ccnc1[C@H]1CCCN(C(=O)Cn2c(C)cc(C)nc2=O)C1. The molecule has 146 valence electrons. The van der Waals surface area contributed by atoms with E-state index in [1.807, 2.05) is 30.3 Å². The average molecular weight is 371 g/mol. The Hall–Kier alpha value is -2.44. The zero-order valence-corrected chi connectivity index (χ0v) is 16.5. The Kier molecular flexibility index (Phi) is 6.08. The lowest BCUT2D eigenvalue weighted by Gasteiger charge is -2.33. The summed E-state index contributed by atoms with van der Waals surface area (Å²) >= 11 is 0. The third-order valence-electron chi connectivity index (χ3n) is 5.28. The molecule has 3 rings (SSSR count). The molecule has 0 unspecified atom stereocenters. The first kappa shape index (κ1) is 19.3. The van der Waals surface area contributed by atoms with E-state index < -0.39 is 0 Å². The summed E-state index contributed by atoms with van der Waals surface area (Å²) in [5, 5.41) is 0. The summed E-state index contributed by atoms with van der Waals surface area (Å²) in [6.45, 7) is 8.23. The van der Waals surface area contributed by atoms with E-state index in [4.69, 9.17) is 0 Å². The van der Waals surface area contributed by atoms with Gasteiger partial charge in [-0.05, 0) is 39.2 Å². The Labute approximate surface area is 160 Å². The molecule has 0 saturated carbocycles. The molecule has 0 radical (unpaired) electrons. The molecule has 0 aromatic carbocycles. The standard InChI is InChI=1S/C20H29N5O2/c1-4-5-9-23-11-8-21-19(23)17-7-6-10-24(13-17)18(26)14-25-16(3)12-15(2)22-20(25)27/h8,11-12,17H,4-7,9-10,13-14H2,1-3H3/t17-/m0/s1. The molecule has 3 heterocycles. The molecule has 0 N–H and O–H groups in total. The molecule has 0 spiro atoms. The number of hydrogen-bond acceptors (Lipinski definition) is 4. The summed E-state index contributed by atoms with van der Waals surface area (Å²) in [4.78, 5) is 35.4. The summed E-state index contributed by atoms with van der Waals surface area (Å²) in [7, 11) is 0. The van der Waals surface area contributed by atoms with E-state index in [1.54, 1.807) is 6.92 Å². The molecule has 1 aliphatic rings. The van der Waals surface area contributed by atoms with Gasteiger partial charge in [-0.3, -0.25) is 9.36 Å². The van der Waals surface area contributed by atoms with Crippen molar-refractivity contribution in [2.75, 3.05) is 13.1 Å². The van der Waals surface area contributed by atoms with Gasteiger partial charge in [0.25, 0.3) is 0 Å². The van der Waals surface area contributed by atoms with Gasteiger partial charge in [0, 0.05) is 49.3 Å². The number of carbonyl (C=O) groups is 1. The highest BCUT2D eigenvalue weighted by Gasteiger charge is 2.27. The van der Waals surface area contributed by atoms with Gasteiger partial charge < -0.3 is 9.47 Å². The van der Waals surface area contributed by atoms with Crippen molar-refractivity contribution in [1.82, 2.24) is 24.0 Å². The summed E-state index contributed by atoms with van der Waals surface area (Å²) < 4.78 is 3.68.